The molecule has 2 aliphatic heterocycles. The Morgan fingerprint density at radius 2 is 1.71 bits per heavy atom. The zero-order valence-electron chi connectivity index (χ0n) is 13.2. The van der Waals surface area contributed by atoms with E-state index >= 15 is 0 Å². The number of aryl methyl sites for hydroxylation is 1. The van der Waals surface area contributed by atoms with E-state index < -0.39 is 0 Å². The smallest absolute Gasteiger partial charge is 0.257 e. The quantitative estimate of drug-likeness (QED) is 0.795. The van der Waals surface area contributed by atoms with Crippen molar-refractivity contribution in [1.82, 2.24) is 14.8 Å². The topological polar surface area (TPSA) is 37.8 Å². The third kappa shape index (κ3) is 3.30. The Morgan fingerprint density at radius 1 is 1.10 bits per heavy atom. The van der Waals surface area contributed by atoms with Crippen molar-refractivity contribution in [3.05, 3.63) is 17.8 Å². The summed E-state index contributed by atoms with van der Waals surface area (Å²) in [6.45, 7) is 5.75. The fourth-order valence-electron chi connectivity index (χ4n) is 2.66. The van der Waals surface area contributed by atoms with Gasteiger partial charge in [-0.05, 0) is 58.6 Å². The molecule has 0 N–H and O–H groups in total. The summed E-state index contributed by atoms with van der Waals surface area (Å²) in [7, 11) is 4.26. The summed E-state index contributed by atoms with van der Waals surface area (Å²) >= 11 is 0. The second-order valence-corrected chi connectivity index (χ2v) is 6.28. The van der Waals surface area contributed by atoms with E-state index in [0.717, 1.165) is 24.4 Å². The Morgan fingerprint density at radius 3 is 2.24 bits per heavy atom. The van der Waals surface area contributed by atoms with E-state index in [0.29, 0.717) is 31.2 Å². The van der Waals surface area contributed by atoms with Crippen molar-refractivity contribution in [2.75, 3.05) is 40.4 Å². The van der Waals surface area contributed by atoms with Crippen LogP contribution in [0.15, 0.2) is 12.3 Å². The van der Waals surface area contributed by atoms with Crippen molar-refractivity contribution in [1.29, 1.82) is 0 Å². The first-order valence-electron chi connectivity index (χ1n) is 7.76. The van der Waals surface area contributed by atoms with Crippen molar-refractivity contribution in [3.8, 4) is 11.6 Å². The van der Waals surface area contributed by atoms with Crippen LogP contribution in [-0.2, 0) is 0 Å². The van der Waals surface area contributed by atoms with Crippen LogP contribution in [-0.4, -0.2) is 67.3 Å². The molecule has 0 spiro atoms. The summed E-state index contributed by atoms with van der Waals surface area (Å²) in [6.07, 6.45) is 4.24. The van der Waals surface area contributed by atoms with Crippen molar-refractivity contribution in [3.63, 3.8) is 0 Å². The molecule has 3 rings (SSSR count). The second-order valence-electron chi connectivity index (χ2n) is 6.28. The molecule has 0 aromatic carbocycles. The zero-order valence-corrected chi connectivity index (χ0v) is 13.2. The van der Waals surface area contributed by atoms with Gasteiger partial charge in [0.05, 0.1) is 0 Å². The third-order valence-corrected chi connectivity index (χ3v) is 4.68. The number of likely N-dealkylation sites (N-methyl/N-ethyl adjacent to an activating group) is 2. The molecule has 1 aromatic heterocycles. The summed E-state index contributed by atoms with van der Waals surface area (Å²) in [5.41, 5.74) is 1.10. The lowest BCUT2D eigenvalue weighted by molar-refractivity contribution is 0.0646. The molecule has 0 aliphatic carbocycles. The molecule has 2 aliphatic rings. The fraction of sp³-hybridized carbons (Fsp3) is 0.688. The molecule has 2 saturated heterocycles. The lowest BCUT2D eigenvalue weighted by Crippen LogP contribution is -2.48. The fourth-order valence-corrected chi connectivity index (χ4v) is 2.66. The second kappa shape index (κ2) is 6.20. The van der Waals surface area contributed by atoms with E-state index in [1.165, 1.54) is 12.8 Å². The standard InChI is InChI=1S/C16H25N3O2/c1-12-8-15(20-10-13-4-6-18(13)2)16(17-9-12)21-11-14-5-7-19(14)3/h8-9,13-14H,4-7,10-11H2,1-3H3/t13-,14-/m1/s1. The van der Waals surface area contributed by atoms with Crippen LogP contribution in [0.2, 0.25) is 0 Å². The lowest BCUT2D eigenvalue weighted by Gasteiger charge is -2.38. The van der Waals surface area contributed by atoms with E-state index in [-0.39, 0.29) is 0 Å². The molecule has 0 saturated carbocycles. The first-order chi connectivity index (χ1) is 10.1. The molecule has 1 aromatic rings. The summed E-state index contributed by atoms with van der Waals surface area (Å²) in [5.74, 6) is 1.40. The number of hydrogen-bond donors (Lipinski definition) is 0. The Bertz CT molecular complexity index is 494. The molecule has 5 heteroatoms. The molecule has 0 radical (unpaired) electrons. The van der Waals surface area contributed by atoms with Crippen LogP contribution in [0.1, 0.15) is 18.4 Å². The summed E-state index contributed by atoms with van der Waals surface area (Å²) in [5, 5.41) is 0. The molecule has 3 heterocycles. The minimum Gasteiger partial charge on any atom is -0.486 e. The highest BCUT2D eigenvalue weighted by atomic mass is 16.5. The van der Waals surface area contributed by atoms with Gasteiger partial charge in [-0.3, -0.25) is 9.80 Å². The lowest BCUT2D eigenvalue weighted by atomic mass is 10.1. The number of nitrogens with zero attached hydrogens (tertiary/aromatic N) is 3. The van der Waals surface area contributed by atoms with Gasteiger partial charge in [0.2, 0.25) is 0 Å². The van der Waals surface area contributed by atoms with Crippen LogP contribution < -0.4 is 9.47 Å². The molecule has 0 unspecified atom stereocenters. The van der Waals surface area contributed by atoms with Gasteiger partial charge in [0.15, 0.2) is 5.75 Å². The number of likely N-dealkylation sites (tertiary alicyclic amines) is 2. The van der Waals surface area contributed by atoms with Gasteiger partial charge in [0.1, 0.15) is 13.2 Å². The first kappa shape index (κ1) is 14.6. The average molecular weight is 291 g/mol. The monoisotopic (exact) mass is 291 g/mol. The van der Waals surface area contributed by atoms with Crippen LogP contribution in [0.4, 0.5) is 0 Å². The van der Waals surface area contributed by atoms with Crippen LogP contribution in [0, 0.1) is 6.92 Å². The van der Waals surface area contributed by atoms with E-state index in [1.807, 2.05) is 19.2 Å². The number of ether oxygens (including phenoxy) is 2. The number of hydrogen-bond acceptors (Lipinski definition) is 5. The Balaban J connectivity index is 1.59. The first-order valence-corrected chi connectivity index (χ1v) is 7.76. The van der Waals surface area contributed by atoms with Gasteiger partial charge in [-0.1, -0.05) is 0 Å². The molecular formula is C16H25N3O2. The van der Waals surface area contributed by atoms with Gasteiger partial charge in [-0.15, -0.1) is 0 Å². The molecule has 0 bridgehead atoms. The summed E-state index contributed by atoms with van der Waals surface area (Å²) in [4.78, 5) is 9.01. The van der Waals surface area contributed by atoms with Gasteiger partial charge < -0.3 is 9.47 Å². The highest BCUT2D eigenvalue weighted by Crippen LogP contribution is 2.28. The largest absolute Gasteiger partial charge is 0.486 e. The molecule has 5 nitrogen and oxygen atoms in total. The maximum absolute atomic E-state index is 5.96. The van der Waals surface area contributed by atoms with Crippen LogP contribution in [0.25, 0.3) is 0 Å². The van der Waals surface area contributed by atoms with Gasteiger partial charge in [-0.25, -0.2) is 4.98 Å². The molecule has 0 amide bonds. The minimum absolute atomic E-state index is 0.513. The molecular weight excluding hydrogens is 266 g/mol. The Kier molecular flexibility index (Phi) is 4.31. The predicted octanol–water partition coefficient (Wildman–Crippen LogP) is 1.56. The van der Waals surface area contributed by atoms with E-state index in [1.54, 1.807) is 0 Å². The van der Waals surface area contributed by atoms with Gasteiger partial charge in [-0.2, -0.15) is 0 Å². The van der Waals surface area contributed by atoms with Crippen molar-refractivity contribution >= 4 is 0 Å². The number of aromatic nitrogens is 1. The zero-order chi connectivity index (χ0) is 14.8. The van der Waals surface area contributed by atoms with Gasteiger partial charge in [0, 0.05) is 18.3 Å². The summed E-state index contributed by atoms with van der Waals surface area (Å²) in [6, 6.07) is 3.06. The normalized spacial score (nSPS) is 26.0. The maximum Gasteiger partial charge on any atom is 0.257 e. The van der Waals surface area contributed by atoms with Crippen molar-refractivity contribution in [2.24, 2.45) is 0 Å². The number of pyridine rings is 1. The van der Waals surface area contributed by atoms with E-state index in [4.69, 9.17) is 9.47 Å². The molecule has 2 atom stereocenters. The predicted molar refractivity (Wildman–Crippen MR) is 82.0 cm³/mol. The Labute approximate surface area is 126 Å². The van der Waals surface area contributed by atoms with Crippen LogP contribution in [0.3, 0.4) is 0 Å². The van der Waals surface area contributed by atoms with E-state index in [9.17, 15) is 0 Å². The SMILES string of the molecule is Cc1cnc(OC[C@H]2CCN2C)c(OC[C@H]2CCN2C)c1. The van der Waals surface area contributed by atoms with Crippen molar-refractivity contribution < 1.29 is 9.47 Å². The minimum atomic E-state index is 0.513. The highest BCUT2D eigenvalue weighted by Gasteiger charge is 2.26. The molecule has 116 valence electrons. The number of rotatable bonds is 6. The molecule has 2 fully saturated rings. The van der Waals surface area contributed by atoms with E-state index in [2.05, 4.69) is 28.9 Å². The average Bonchev–Trinajstić information content (AvgIpc) is 2.46. The van der Waals surface area contributed by atoms with Crippen LogP contribution in [0.5, 0.6) is 11.6 Å². The molecule has 21 heavy (non-hydrogen) atoms. The third-order valence-electron chi connectivity index (χ3n) is 4.68. The maximum atomic E-state index is 5.96. The van der Waals surface area contributed by atoms with Crippen LogP contribution >= 0.6 is 0 Å². The summed E-state index contributed by atoms with van der Waals surface area (Å²) < 4.78 is 11.8. The van der Waals surface area contributed by atoms with Crippen molar-refractivity contribution in [2.45, 2.75) is 31.8 Å². The van der Waals surface area contributed by atoms with Gasteiger partial charge in [0.25, 0.3) is 5.88 Å². The highest BCUT2D eigenvalue weighted by molar-refractivity contribution is 5.36. The van der Waals surface area contributed by atoms with Gasteiger partial charge >= 0.3 is 0 Å². The Hall–Kier alpha value is -1.33.